The zero-order valence-corrected chi connectivity index (χ0v) is 19.4. The van der Waals surface area contributed by atoms with Crippen molar-refractivity contribution in [3.63, 3.8) is 0 Å². The Labute approximate surface area is 202 Å². The Balaban J connectivity index is 1.36. The van der Waals surface area contributed by atoms with Gasteiger partial charge in [0.1, 0.15) is 23.4 Å². The summed E-state index contributed by atoms with van der Waals surface area (Å²) in [7, 11) is 0. The molecule has 8 nitrogen and oxygen atoms in total. The van der Waals surface area contributed by atoms with E-state index in [9.17, 15) is 18.8 Å². The van der Waals surface area contributed by atoms with Gasteiger partial charge < -0.3 is 9.15 Å². The van der Waals surface area contributed by atoms with E-state index in [-0.39, 0.29) is 22.4 Å². The van der Waals surface area contributed by atoms with E-state index in [1.807, 2.05) is 0 Å². The second-order valence-electron chi connectivity index (χ2n) is 6.15. The van der Waals surface area contributed by atoms with Gasteiger partial charge in [-0.25, -0.2) is 9.18 Å². The van der Waals surface area contributed by atoms with Crippen molar-refractivity contribution >= 4 is 63.0 Å². The molecule has 1 N–H and O–H groups in total. The van der Waals surface area contributed by atoms with Crippen LogP contribution in [0.5, 0.6) is 5.75 Å². The average molecular weight is 524 g/mol. The summed E-state index contributed by atoms with van der Waals surface area (Å²) in [5.74, 6) is -2.14. The topological polar surface area (TPSA) is 111 Å². The van der Waals surface area contributed by atoms with E-state index < -0.39 is 28.5 Å². The van der Waals surface area contributed by atoms with Crippen LogP contribution in [0.3, 0.4) is 0 Å². The van der Waals surface area contributed by atoms with Gasteiger partial charge in [-0.2, -0.15) is 0 Å². The van der Waals surface area contributed by atoms with Crippen LogP contribution in [0.4, 0.5) is 9.52 Å². The quantitative estimate of drug-likeness (QED) is 0.202. The van der Waals surface area contributed by atoms with Crippen LogP contribution in [0.25, 0.3) is 0 Å². The number of ether oxygens (including phenoxy) is 1. The smallest absolute Gasteiger partial charge is 0.348 e. The standard InChI is InChI=1S/C20H11ClFN3O5S3/c21-11-3-1-4-12(22)16(11)18(28)30-14-8-29-10(7-13(14)26)9-32-20-25-24-19(33-20)23-17(27)15-5-2-6-31-15/h1-8H,9H2,(H,23,24,27). The Morgan fingerprint density at radius 2 is 2.09 bits per heavy atom. The molecule has 168 valence electrons. The first-order valence-corrected chi connectivity index (χ1v) is 12.1. The van der Waals surface area contributed by atoms with Gasteiger partial charge in [0.2, 0.25) is 16.3 Å². The van der Waals surface area contributed by atoms with E-state index in [4.69, 9.17) is 20.8 Å². The molecule has 0 unspecified atom stereocenters. The van der Waals surface area contributed by atoms with Crippen molar-refractivity contribution in [3.8, 4) is 5.75 Å². The van der Waals surface area contributed by atoms with Crippen LogP contribution in [0.1, 0.15) is 25.8 Å². The third-order valence-electron chi connectivity index (χ3n) is 3.93. The number of anilines is 1. The second kappa shape index (κ2) is 10.3. The molecule has 13 heteroatoms. The lowest BCUT2D eigenvalue weighted by Gasteiger charge is -2.06. The summed E-state index contributed by atoms with van der Waals surface area (Å²) >= 11 is 9.55. The summed E-state index contributed by atoms with van der Waals surface area (Å²) in [4.78, 5) is 37.1. The number of aromatic nitrogens is 2. The lowest BCUT2D eigenvalue weighted by molar-refractivity contribution is 0.0724. The first-order valence-electron chi connectivity index (χ1n) is 9.00. The summed E-state index contributed by atoms with van der Waals surface area (Å²) in [6.45, 7) is 0. The van der Waals surface area contributed by atoms with Gasteiger partial charge in [0.05, 0.1) is 15.7 Å². The Morgan fingerprint density at radius 1 is 1.24 bits per heavy atom. The molecule has 1 amide bonds. The van der Waals surface area contributed by atoms with Gasteiger partial charge in [-0.1, -0.05) is 46.8 Å². The van der Waals surface area contributed by atoms with Crippen molar-refractivity contribution in [2.45, 2.75) is 10.1 Å². The van der Waals surface area contributed by atoms with E-state index >= 15 is 0 Å². The average Bonchev–Trinajstić information content (AvgIpc) is 3.46. The van der Waals surface area contributed by atoms with Crippen molar-refractivity contribution in [2.24, 2.45) is 0 Å². The number of hydrogen-bond donors (Lipinski definition) is 1. The SMILES string of the molecule is O=C(Nc1nnc(SCc2cc(=O)c(OC(=O)c3c(F)cccc3Cl)co2)s1)c1cccs1. The maximum absolute atomic E-state index is 13.9. The monoisotopic (exact) mass is 523 g/mol. The van der Waals surface area contributed by atoms with E-state index in [1.54, 1.807) is 17.5 Å². The number of nitrogens with zero attached hydrogens (tertiary/aromatic N) is 2. The van der Waals surface area contributed by atoms with Crippen molar-refractivity contribution in [2.75, 3.05) is 5.32 Å². The minimum Gasteiger partial charge on any atom is -0.464 e. The number of thioether (sulfide) groups is 1. The minimum atomic E-state index is -1.11. The molecule has 0 fully saturated rings. The highest BCUT2D eigenvalue weighted by atomic mass is 35.5. The second-order valence-corrected chi connectivity index (χ2v) is 9.71. The zero-order valence-electron chi connectivity index (χ0n) is 16.2. The lowest BCUT2D eigenvalue weighted by Crippen LogP contribution is -2.16. The van der Waals surface area contributed by atoms with E-state index in [2.05, 4.69) is 15.5 Å². The normalized spacial score (nSPS) is 10.7. The number of esters is 1. The van der Waals surface area contributed by atoms with Crippen LogP contribution in [-0.2, 0) is 5.75 Å². The molecule has 0 aliphatic heterocycles. The van der Waals surface area contributed by atoms with Gasteiger partial charge >= 0.3 is 5.97 Å². The molecule has 0 spiro atoms. The first kappa shape index (κ1) is 23.1. The van der Waals surface area contributed by atoms with Gasteiger partial charge in [0.25, 0.3) is 5.91 Å². The third-order valence-corrected chi connectivity index (χ3v) is 7.11. The van der Waals surface area contributed by atoms with Gasteiger partial charge in [0, 0.05) is 6.07 Å². The Kier molecular flexibility index (Phi) is 7.18. The van der Waals surface area contributed by atoms with Crippen LogP contribution in [-0.4, -0.2) is 22.1 Å². The van der Waals surface area contributed by atoms with Crippen molar-refractivity contribution in [1.82, 2.24) is 10.2 Å². The molecule has 3 heterocycles. The molecule has 0 atom stereocenters. The molecule has 4 aromatic rings. The molecule has 0 bridgehead atoms. The zero-order chi connectivity index (χ0) is 23.4. The number of carbonyl (C=O) groups excluding carboxylic acids is 2. The first-order chi connectivity index (χ1) is 15.9. The fraction of sp³-hybridized carbons (Fsp3) is 0.0500. The summed E-state index contributed by atoms with van der Waals surface area (Å²) in [6, 6.07) is 8.35. The van der Waals surface area contributed by atoms with Crippen LogP contribution in [0, 0.1) is 5.82 Å². The van der Waals surface area contributed by atoms with Gasteiger partial charge in [-0.05, 0) is 23.6 Å². The molecule has 0 saturated heterocycles. The van der Waals surface area contributed by atoms with Crippen LogP contribution >= 0.6 is 46.0 Å². The Bertz CT molecular complexity index is 1350. The van der Waals surface area contributed by atoms with Gasteiger partial charge in [-0.15, -0.1) is 21.5 Å². The molecule has 0 aliphatic rings. The number of carbonyl (C=O) groups is 2. The summed E-state index contributed by atoms with van der Waals surface area (Å²) < 4.78 is 24.7. The molecule has 33 heavy (non-hydrogen) atoms. The molecule has 3 aromatic heterocycles. The predicted molar refractivity (Wildman–Crippen MR) is 123 cm³/mol. The number of halogens is 2. The number of nitrogens with one attached hydrogen (secondary N) is 1. The largest absolute Gasteiger partial charge is 0.464 e. The summed E-state index contributed by atoms with van der Waals surface area (Å²) in [5, 5.41) is 12.6. The highest BCUT2D eigenvalue weighted by Crippen LogP contribution is 2.29. The highest BCUT2D eigenvalue weighted by Gasteiger charge is 2.20. The molecule has 4 rings (SSSR count). The number of rotatable bonds is 7. The predicted octanol–water partition coefficient (Wildman–Crippen LogP) is 5.11. The van der Waals surface area contributed by atoms with Crippen LogP contribution in [0.2, 0.25) is 5.02 Å². The number of benzene rings is 1. The lowest BCUT2D eigenvalue weighted by atomic mass is 10.2. The molecular formula is C20H11ClFN3O5S3. The Morgan fingerprint density at radius 3 is 2.82 bits per heavy atom. The number of thiophene rings is 1. The molecule has 0 radical (unpaired) electrons. The van der Waals surface area contributed by atoms with E-state index in [0.29, 0.717) is 14.3 Å². The fourth-order valence-corrected chi connectivity index (χ4v) is 4.95. The Hall–Kier alpha value is -3.06. The molecular weight excluding hydrogens is 513 g/mol. The van der Waals surface area contributed by atoms with Crippen molar-refractivity contribution in [3.05, 3.63) is 85.3 Å². The molecule has 1 aromatic carbocycles. The summed E-state index contributed by atoms with van der Waals surface area (Å²) in [5.41, 5.74) is -1.10. The van der Waals surface area contributed by atoms with E-state index in [1.165, 1.54) is 46.6 Å². The van der Waals surface area contributed by atoms with Gasteiger partial charge in [-0.3, -0.25) is 14.9 Å². The number of amides is 1. The van der Waals surface area contributed by atoms with Crippen molar-refractivity contribution in [1.29, 1.82) is 0 Å². The van der Waals surface area contributed by atoms with Crippen molar-refractivity contribution < 1.29 is 23.1 Å². The minimum absolute atomic E-state index is 0.139. The third kappa shape index (κ3) is 5.66. The number of hydrogen-bond acceptors (Lipinski definition) is 10. The maximum atomic E-state index is 13.9. The van der Waals surface area contributed by atoms with Crippen LogP contribution < -0.4 is 15.5 Å². The fourth-order valence-electron chi connectivity index (χ4n) is 2.45. The van der Waals surface area contributed by atoms with Gasteiger partial charge in [0.15, 0.2) is 4.34 Å². The molecule has 0 aliphatic carbocycles. The highest BCUT2D eigenvalue weighted by molar-refractivity contribution is 8.00. The van der Waals surface area contributed by atoms with Crippen LogP contribution in [0.15, 0.2) is 61.6 Å². The van der Waals surface area contributed by atoms with E-state index in [0.717, 1.165) is 18.4 Å². The molecule has 0 saturated carbocycles. The maximum Gasteiger partial charge on any atom is 0.348 e. The summed E-state index contributed by atoms with van der Waals surface area (Å²) in [6.07, 6.45) is 0.970.